The summed E-state index contributed by atoms with van der Waals surface area (Å²) in [7, 11) is -6.00. The fraction of sp³-hybridized carbons (Fsp3) is 0.500. The molecule has 128 valence electrons. The minimum Gasteiger partial charge on any atom is -0.418 e. The predicted molar refractivity (Wildman–Crippen MR) is 83.7 cm³/mol. The van der Waals surface area contributed by atoms with Crippen molar-refractivity contribution in [2.45, 2.75) is 51.4 Å². The maximum absolute atomic E-state index is 9.75. The molecular weight excluding hydrogens is 471 g/mol. The van der Waals surface area contributed by atoms with Gasteiger partial charge in [0.25, 0.3) is 0 Å². The normalized spacial score (nSPS) is 23.1. The summed E-state index contributed by atoms with van der Waals surface area (Å²) >= 11 is 0. The second kappa shape index (κ2) is 16.8. The van der Waals surface area contributed by atoms with Crippen LogP contribution < -0.4 is 0 Å². The van der Waals surface area contributed by atoms with Gasteiger partial charge in [0.05, 0.1) is 0 Å². The van der Waals surface area contributed by atoms with E-state index in [0.717, 1.165) is 0 Å². The summed E-state index contributed by atoms with van der Waals surface area (Å²) in [5.41, 5.74) is 0. The predicted octanol–water partition coefficient (Wildman–Crippen LogP) is 6.64. The van der Waals surface area contributed by atoms with E-state index in [1.165, 1.54) is 51.4 Å². The first-order valence-electron chi connectivity index (χ1n) is 7.51. The topological polar surface area (TPSA) is 0 Å². The Labute approximate surface area is 144 Å². The number of rotatable bonds is 0. The molecule has 0 unspecified atom stereocenters. The molecule has 0 amide bonds. The van der Waals surface area contributed by atoms with Crippen LogP contribution in [0.2, 0.25) is 0 Å². The molecule has 0 N–H and O–H groups in total. The minimum absolute atomic E-state index is 0. The van der Waals surface area contributed by atoms with E-state index in [-0.39, 0.29) is 20.1 Å². The van der Waals surface area contributed by atoms with Gasteiger partial charge in [0.15, 0.2) is 0 Å². The molecule has 22 heavy (non-hydrogen) atoms. The summed E-state index contributed by atoms with van der Waals surface area (Å²) in [6.45, 7) is 0. The Balaban J connectivity index is 0. The monoisotopic (exact) mass is 496 g/mol. The van der Waals surface area contributed by atoms with Crippen molar-refractivity contribution in [3.05, 3.63) is 48.6 Å². The van der Waals surface area contributed by atoms with Crippen LogP contribution in [0.4, 0.5) is 17.3 Å². The largest absolute Gasteiger partial charge is 1.00 e. The van der Waals surface area contributed by atoms with Crippen LogP contribution in [-0.4, -0.2) is 7.25 Å². The second-order valence-electron chi connectivity index (χ2n) is 4.78. The molecule has 6 heteroatoms. The Hall–Kier alpha value is -0.606. The molecule has 0 aliphatic heterocycles. The molecule has 0 fully saturated rings. The van der Waals surface area contributed by atoms with Crippen LogP contribution >= 0.6 is 0 Å². The number of allylic oxidation sites excluding steroid dienone is 8. The van der Waals surface area contributed by atoms with Crippen LogP contribution in [0, 0.1) is 0 Å². The van der Waals surface area contributed by atoms with Gasteiger partial charge in [0.2, 0.25) is 0 Å². The van der Waals surface area contributed by atoms with Gasteiger partial charge in [-0.15, -0.1) is 0 Å². The fourth-order valence-electron chi connectivity index (χ4n) is 1.75. The van der Waals surface area contributed by atoms with Gasteiger partial charge in [0.1, 0.15) is 0 Å². The first-order valence-corrected chi connectivity index (χ1v) is 7.51. The summed E-state index contributed by atoms with van der Waals surface area (Å²) < 4.78 is 39.0. The first kappa shape index (κ1) is 23.7. The van der Waals surface area contributed by atoms with E-state index in [1.54, 1.807) is 0 Å². The Morgan fingerprint density at radius 3 is 0.864 bits per heavy atom. The van der Waals surface area contributed by atoms with E-state index in [2.05, 4.69) is 48.6 Å². The second-order valence-corrected chi connectivity index (χ2v) is 4.78. The zero-order valence-corrected chi connectivity index (χ0v) is 15.1. The third-order valence-corrected chi connectivity index (χ3v) is 2.75. The van der Waals surface area contributed by atoms with Crippen LogP contribution in [0.5, 0.6) is 0 Å². The van der Waals surface area contributed by atoms with Crippen molar-refractivity contribution < 1.29 is 37.4 Å². The van der Waals surface area contributed by atoms with E-state index in [9.17, 15) is 17.3 Å². The molecule has 0 aromatic rings. The zero-order chi connectivity index (χ0) is 15.8. The van der Waals surface area contributed by atoms with Crippen molar-refractivity contribution in [1.82, 2.24) is 0 Å². The number of halogens is 4. The fourth-order valence-corrected chi connectivity index (χ4v) is 1.75. The van der Waals surface area contributed by atoms with Gasteiger partial charge in [-0.25, -0.2) is 0 Å². The first-order chi connectivity index (χ1) is 10.0. The Morgan fingerprint density at radius 1 is 0.500 bits per heavy atom. The molecule has 0 radical (unpaired) electrons. The molecule has 0 heterocycles. The Kier molecular flexibility index (Phi) is 18.0. The smallest absolute Gasteiger partial charge is 0.418 e. The van der Waals surface area contributed by atoms with Crippen molar-refractivity contribution in [3.8, 4) is 0 Å². The Morgan fingerprint density at radius 2 is 0.682 bits per heavy atom. The molecule has 0 saturated carbocycles. The molecule has 2 rings (SSSR count). The van der Waals surface area contributed by atoms with Crippen molar-refractivity contribution in [2.24, 2.45) is 0 Å². The molecule has 0 aromatic heterocycles. The van der Waals surface area contributed by atoms with Crippen molar-refractivity contribution in [1.29, 1.82) is 0 Å². The van der Waals surface area contributed by atoms with Gasteiger partial charge in [-0.3, -0.25) is 0 Å². The average molecular weight is 495 g/mol. The van der Waals surface area contributed by atoms with Gasteiger partial charge in [0, 0.05) is 0 Å². The molecule has 0 nitrogen and oxygen atoms in total. The third kappa shape index (κ3) is 27.7. The quantitative estimate of drug-likeness (QED) is 0.261. The summed E-state index contributed by atoms with van der Waals surface area (Å²) in [5, 5.41) is 0. The molecule has 0 bridgehead atoms. The van der Waals surface area contributed by atoms with E-state index < -0.39 is 7.25 Å². The van der Waals surface area contributed by atoms with Gasteiger partial charge >= 0.3 is 27.4 Å². The Bertz CT molecular complexity index is 285. The van der Waals surface area contributed by atoms with Crippen molar-refractivity contribution >= 4 is 7.25 Å². The van der Waals surface area contributed by atoms with Gasteiger partial charge in [-0.2, -0.15) is 0 Å². The summed E-state index contributed by atoms with van der Waals surface area (Å²) in [4.78, 5) is 0. The van der Waals surface area contributed by atoms with Gasteiger partial charge in [-0.05, 0) is 51.4 Å². The summed E-state index contributed by atoms with van der Waals surface area (Å²) in [6.07, 6.45) is 28.0. The SMILES string of the molecule is C1=C\CCCC\C=C/1.C1=C\CCCC\C=C/1.F[B-](F)(F)F.[Ir+]. The van der Waals surface area contributed by atoms with Crippen LogP contribution in [0.15, 0.2) is 48.6 Å². The summed E-state index contributed by atoms with van der Waals surface area (Å²) in [6, 6.07) is 0. The molecule has 2 aliphatic carbocycles. The van der Waals surface area contributed by atoms with Crippen LogP contribution in [0.3, 0.4) is 0 Å². The molecule has 0 atom stereocenters. The molecule has 0 aromatic carbocycles. The molecule has 0 spiro atoms. The molecule has 2 aliphatic rings. The third-order valence-electron chi connectivity index (χ3n) is 2.75. The zero-order valence-electron chi connectivity index (χ0n) is 12.7. The average Bonchev–Trinajstić information content (AvgIpc) is 2.24. The molecular formula is C16H24BF4Ir. The maximum Gasteiger partial charge on any atom is 1.00 e. The van der Waals surface area contributed by atoms with Gasteiger partial charge < -0.3 is 17.3 Å². The number of hydrogen-bond acceptors (Lipinski definition) is 0. The van der Waals surface area contributed by atoms with Gasteiger partial charge in [-0.1, -0.05) is 48.6 Å². The number of hydrogen-bond donors (Lipinski definition) is 0. The summed E-state index contributed by atoms with van der Waals surface area (Å²) in [5.74, 6) is 0. The van der Waals surface area contributed by atoms with E-state index in [1.807, 2.05) is 0 Å². The van der Waals surface area contributed by atoms with E-state index >= 15 is 0 Å². The van der Waals surface area contributed by atoms with Crippen LogP contribution in [-0.2, 0) is 20.1 Å². The van der Waals surface area contributed by atoms with E-state index in [0.29, 0.717) is 0 Å². The van der Waals surface area contributed by atoms with E-state index in [4.69, 9.17) is 0 Å². The maximum atomic E-state index is 9.75. The van der Waals surface area contributed by atoms with Crippen LogP contribution in [0.1, 0.15) is 51.4 Å². The van der Waals surface area contributed by atoms with Crippen molar-refractivity contribution in [2.75, 3.05) is 0 Å². The standard InChI is InChI=1S/2C8H12.BF4.Ir/c2*1-2-4-6-8-7-5-3-1;2-1(3,4)5;/h2*1-4H,5-8H2;;/q;;-1;+1/b2*3-1-,4-2-;;. The molecule has 0 saturated heterocycles. The van der Waals surface area contributed by atoms with Crippen LogP contribution in [0.25, 0.3) is 0 Å². The minimum atomic E-state index is -6.00. The van der Waals surface area contributed by atoms with Crippen molar-refractivity contribution in [3.63, 3.8) is 0 Å².